The van der Waals surface area contributed by atoms with Gasteiger partial charge in [-0.2, -0.15) is 0 Å². The van der Waals surface area contributed by atoms with Crippen LogP contribution >= 0.6 is 23.2 Å². The second kappa shape index (κ2) is 5.71. The summed E-state index contributed by atoms with van der Waals surface area (Å²) < 4.78 is 27.2. The quantitative estimate of drug-likeness (QED) is 0.659. The number of aromatic nitrogens is 1. The lowest BCUT2D eigenvalue weighted by molar-refractivity contribution is 0.601. The van der Waals surface area contributed by atoms with E-state index >= 15 is 0 Å². The molecule has 2 aromatic rings. The van der Waals surface area contributed by atoms with Gasteiger partial charge in [0.25, 0.3) is 10.0 Å². The van der Waals surface area contributed by atoms with Crippen LogP contribution in [0.1, 0.15) is 11.1 Å². The summed E-state index contributed by atoms with van der Waals surface area (Å²) in [6, 6.07) is 6.10. The lowest BCUT2D eigenvalue weighted by Crippen LogP contribution is -2.15. The molecule has 2 rings (SSSR count). The first kappa shape index (κ1) is 15.9. The molecule has 8 heteroatoms. The third-order valence-electron chi connectivity index (χ3n) is 2.76. The lowest BCUT2D eigenvalue weighted by Gasteiger charge is -2.13. The smallest absolute Gasteiger partial charge is 0.262 e. The van der Waals surface area contributed by atoms with Crippen LogP contribution in [0.25, 0.3) is 0 Å². The lowest BCUT2D eigenvalue weighted by atomic mass is 10.2. The average molecular weight is 346 g/mol. The van der Waals surface area contributed by atoms with E-state index in [0.29, 0.717) is 11.3 Å². The molecule has 0 amide bonds. The molecule has 0 radical (unpaired) electrons. The number of nitrogens with one attached hydrogen (secondary N) is 1. The van der Waals surface area contributed by atoms with E-state index < -0.39 is 10.0 Å². The fraction of sp³-hybridized carbons (Fsp3) is 0.154. The Balaban J connectivity index is 2.47. The van der Waals surface area contributed by atoms with Gasteiger partial charge in [0.05, 0.1) is 10.6 Å². The van der Waals surface area contributed by atoms with Crippen molar-refractivity contribution in [2.24, 2.45) is 0 Å². The number of nitrogens with zero attached hydrogens (tertiary/aromatic N) is 1. The average Bonchev–Trinajstić information content (AvgIpc) is 2.32. The third kappa shape index (κ3) is 3.58. The van der Waals surface area contributed by atoms with Crippen molar-refractivity contribution in [2.45, 2.75) is 18.7 Å². The number of benzene rings is 1. The summed E-state index contributed by atoms with van der Waals surface area (Å²) in [4.78, 5) is 3.89. The van der Waals surface area contributed by atoms with E-state index in [4.69, 9.17) is 28.9 Å². The van der Waals surface area contributed by atoms with Gasteiger partial charge >= 0.3 is 0 Å². The molecule has 0 unspecified atom stereocenters. The number of aryl methyl sites for hydroxylation is 2. The zero-order valence-corrected chi connectivity index (χ0v) is 13.6. The Kier molecular flexibility index (Phi) is 4.32. The molecule has 0 aliphatic rings. The van der Waals surface area contributed by atoms with Crippen LogP contribution in [-0.2, 0) is 10.0 Å². The van der Waals surface area contributed by atoms with Crippen LogP contribution in [0, 0.1) is 13.8 Å². The van der Waals surface area contributed by atoms with Gasteiger partial charge in [0.1, 0.15) is 5.15 Å². The molecule has 21 heavy (non-hydrogen) atoms. The van der Waals surface area contributed by atoms with E-state index in [2.05, 4.69) is 9.71 Å². The molecule has 0 spiro atoms. The minimum atomic E-state index is -3.81. The Morgan fingerprint density at radius 3 is 2.38 bits per heavy atom. The summed E-state index contributed by atoms with van der Waals surface area (Å²) in [7, 11) is -3.81. The van der Waals surface area contributed by atoms with Gasteiger partial charge in [0.2, 0.25) is 0 Å². The van der Waals surface area contributed by atoms with Crippen molar-refractivity contribution in [3.8, 4) is 0 Å². The maximum Gasteiger partial charge on any atom is 0.262 e. The Labute approximate surface area is 133 Å². The highest BCUT2D eigenvalue weighted by Gasteiger charge is 2.19. The van der Waals surface area contributed by atoms with Crippen LogP contribution in [0.3, 0.4) is 0 Å². The van der Waals surface area contributed by atoms with Crippen LogP contribution < -0.4 is 10.5 Å². The molecular formula is C13H13Cl2N3O2S. The fourth-order valence-corrected chi connectivity index (χ4v) is 3.75. The zero-order chi connectivity index (χ0) is 15.8. The minimum Gasteiger partial charge on any atom is -0.399 e. The highest BCUT2D eigenvalue weighted by atomic mass is 35.5. The van der Waals surface area contributed by atoms with E-state index in [1.165, 1.54) is 18.2 Å². The Morgan fingerprint density at radius 2 is 1.81 bits per heavy atom. The number of sulfonamides is 1. The van der Waals surface area contributed by atoms with Crippen molar-refractivity contribution in [3.63, 3.8) is 0 Å². The molecule has 0 bridgehead atoms. The monoisotopic (exact) mass is 345 g/mol. The number of anilines is 2. The van der Waals surface area contributed by atoms with Gasteiger partial charge in [-0.15, -0.1) is 0 Å². The molecular weight excluding hydrogens is 333 g/mol. The van der Waals surface area contributed by atoms with Gasteiger partial charge in [-0.05, 0) is 49.2 Å². The summed E-state index contributed by atoms with van der Waals surface area (Å²) in [6.07, 6.45) is 0. The SMILES string of the molecule is Cc1cc(N)cc(S(=O)(=O)Nc2c(C)cc(Cl)nc2Cl)c1. The van der Waals surface area contributed by atoms with Crippen LogP contribution in [0.5, 0.6) is 0 Å². The van der Waals surface area contributed by atoms with Crippen molar-refractivity contribution >= 4 is 44.6 Å². The van der Waals surface area contributed by atoms with E-state index in [1.807, 2.05) is 0 Å². The second-order valence-corrected chi connectivity index (χ2v) is 7.04. The van der Waals surface area contributed by atoms with E-state index in [9.17, 15) is 8.42 Å². The predicted molar refractivity (Wildman–Crippen MR) is 85.4 cm³/mol. The van der Waals surface area contributed by atoms with Gasteiger partial charge in [0, 0.05) is 5.69 Å². The number of halogens is 2. The summed E-state index contributed by atoms with van der Waals surface area (Å²) in [5.41, 5.74) is 7.56. The van der Waals surface area contributed by atoms with Crippen LogP contribution in [-0.4, -0.2) is 13.4 Å². The summed E-state index contributed by atoms with van der Waals surface area (Å²) in [5, 5.41) is 0.185. The van der Waals surface area contributed by atoms with E-state index in [1.54, 1.807) is 19.9 Å². The molecule has 1 heterocycles. The normalized spacial score (nSPS) is 11.4. The molecule has 0 fully saturated rings. The van der Waals surface area contributed by atoms with Crippen LogP contribution in [0.15, 0.2) is 29.2 Å². The highest BCUT2D eigenvalue weighted by molar-refractivity contribution is 7.92. The van der Waals surface area contributed by atoms with Crippen molar-refractivity contribution in [1.29, 1.82) is 0 Å². The maximum atomic E-state index is 12.4. The van der Waals surface area contributed by atoms with Gasteiger partial charge < -0.3 is 5.73 Å². The highest BCUT2D eigenvalue weighted by Crippen LogP contribution is 2.29. The predicted octanol–water partition coefficient (Wildman–Crippen LogP) is 3.39. The van der Waals surface area contributed by atoms with E-state index in [-0.39, 0.29) is 20.9 Å². The van der Waals surface area contributed by atoms with Crippen molar-refractivity contribution in [3.05, 3.63) is 45.7 Å². The molecule has 0 saturated heterocycles. The standard InChI is InChI=1S/C13H13Cl2N3O2S/c1-7-3-9(16)6-10(4-7)21(19,20)18-12-8(2)5-11(14)17-13(12)15/h3-6,18H,16H2,1-2H3. The van der Waals surface area contributed by atoms with Crippen LogP contribution in [0.4, 0.5) is 11.4 Å². The number of nitrogens with two attached hydrogens (primary N) is 1. The molecule has 0 aliphatic heterocycles. The largest absolute Gasteiger partial charge is 0.399 e. The number of nitrogen functional groups attached to an aromatic ring is 1. The van der Waals surface area contributed by atoms with Gasteiger partial charge in [-0.3, -0.25) is 4.72 Å². The Morgan fingerprint density at radius 1 is 1.14 bits per heavy atom. The van der Waals surface area contributed by atoms with Crippen molar-refractivity contribution < 1.29 is 8.42 Å². The first-order valence-electron chi connectivity index (χ1n) is 5.91. The topological polar surface area (TPSA) is 85.1 Å². The molecule has 3 N–H and O–H groups in total. The second-order valence-electron chi connectivity index (χ2n) is 4.61. The number of hydrogen-bond donors (Lipinski definition) is 2. The molecule has 112 valence electrons. The molecule has 1 aromatic carbocycles. The molecule has 5 nitrogen and oxygen atoms in total. The number of hydrogen-bond acceptors (Lipinski definition) is 4. The Bertz CT molecular complexity index is 764. The molecule has 0 aliphatic carbocycles. The first-order chi connectivity index (χ1) is 9.69. The molecule has 0 atom stereocenters. The number of pyridine rings is 1. The summed E-state index contributed by atoms with van der Waals surface area (Å²) in [5.74, 6) is 0. The van der Waals surface area contributed by atoms with Gasteiger partial charge in [0.15, 0.2) is 5.15 Å². The number of rotatable bonds is 3. The maximum absolute atomic E-state index is 12.4. The first-order valence-corrected chi connectivity index (χ1v) is 8.15. The summed E-state index contributed by atoms with van der Waals surface area (Å²) >= 11 is 11.7. The van der Waals surface area contributed by atoms with Gasteiger partial charge in [-0.1, -0.05) is 23.2 Å². The fourth-order valence-electron chi connectivity index (χ4n) is 1.84. The minimum absolute atomic E-state index is 0.01000. The van der Waals surface area contributed by atoms with Crippen molar-refractivity contribution in [1.82, 2.24) is 4.98 Å². The molecule has 1 aromatic heterocycles. The third-order valence-corrected chi connectivity index (χ3v) is 4.56. The molecule has 0 saturated carbocycles. The van der Waals surface area contributed by atoms with Crippen LogP contribution in [0.2, 0.25) is 10.3 Å². The zero-order valence-electron chi connectivity index (χ0n) is 11.3. The Hall–Kier alpha value is -1.50. The van der Waals surface area contributed by atoms with Crippen molar-refractivity contribution in [2.75, 3.05) is 10.5 Å². The summed E-state index contributed by atoms with van der Waals surface area (Å²) in [6.45, 7) is 3.44. The van der Waals surface area contributed by atoms with E-state index in [0.717, 1.165) is 5.56 Å². The van der Waals surface area contributed by atoms with Gasteiger partial charge in [-0.25, -0.2) is 13.4 Å².